The fourth-order valence-corrected chi connectivity index (χ4v) is 1.91. The summed E-state index contributed by atoms with van der Waals surface area (Å²) in [5, 5.41) is 1.67. The Balaban J connectivity index is 2.48. The van der Waals surface area contributed by atoms with Crippen molar-refractivity contribution >= 4 is 5.91 Å². The molecule has 1 aromatic rings. The Morgan fingerprint density at radius 3 is 2.68 bits per heavy atom. The molecule has 0 radical (unpaired) electrons. The monoisotopic (exact) mass is 308 g/mol. The van der Waals surface area contributed by atoms with Gasteiger partial charge in [0.05, 0.1) is 13.7 Å². The van der Waals surface area contributed by atoms with Crippen molar-refractivity contribution in [2.24, 2.45) is 0 Å². The Morgan fingerprint density at radius 1 is 1.27 bits per heavy atom. The van der Waals surface area contributed by atoms with E-state index >= 15 is 0 Å². The molecule has 124 valence electrons. The highest BCUT2D eigenvalue weighted by atomic mass is 16.7. The summed E-state index contributed by atoms with van der Waals surface area (Å²) >= 11 is 0. The van der Waals surface area contributed by atoms with E-state index in [1.807, 2.05) is 12.1 Å². The Labute approximate surface area is 133 Å². The fourth-order valence-electron chi connectivity index (χ4n) is 1.91. The SMILES string of the molecule is CCCCOc1cccc(CCN(CC(=O)N(C)C)OC)c1. The third-order valence-corrected chi connectivity index (χ3v) is 3.38. The van der Waals surface area contributed by atoms with Crippen molar-refractivity contribution in [3.63, 3.8) is 0 Å². The first-order valence-electron chi connectivity index (χ1n) is 7.77. The molecule has 0 spiro atoms. The molecule has 1 amide bonds. The lowest BCUT2D eigenvalue weighted by molar-refractivity contribution is -0.156. The van der Waals surface area contributed by atoms with Crippen LogP contribution in [0.25, 0.3) is 0 Å². The average molecular weight is 308 g/mol. The molecule has 5 nitrogen and oxygen atoms in total. The first-order valence-corrected chi connectivity index (χ1v) is 7.77. The summed E-state index contributed by atoms with van der Waals surface area (Å²) < 4.78 is 5.71. The summed E-state index contributed by atoms with van der Waals surface area (Å²) in [7, 11) is 5.08. The van der Waals surface area contributed by atoms with E-state index in [-0.39, 0.29) is 12.5 Å². The van der Waals surface area contributed by atoms with Crippen LogP contribution in [0.5, 0.6) is 5.75 Å². The fraction of sp³-hybridized carbons (Fsp3) is 0.588. The predicted octanol–water partition coefficient (Wildman–Crippen LogP) is 2.36. The lowest BCUT2D eigenvalue weighted by Gasteiger charge is -2.21. The average Bonchev–Trinajstić information content (AvgIpc) is 2.51. The molecule has 0 N–H and O–H groups in total. The van der Waals surface area contributed by atoms with E-state index < -0.39 is 0 Å². The maximum Gasteiger partial charge on any atom is 0.238 e. The zero-order valence-electron chi connectivity index (χ0n) is 14.2. The van der Waals surface area contributed by atoms with E-state index in [1.54, 1.807) is 31.2 Å². The number of carbonyl (C=O) groups excluding carboxylic acids is 1. The molecular weight excluding hydrogens is 280 g/mol. The van der Waals surface area contributed by atoms with Gasteiger partial charge in [-0.2, -0.15) is 5.06 Å². The molecule has 0 unspecified atom stereocenters. The molecule has 0 aliphatic heterocycles. The lowest BCUT2D eigenvalue weighted by Crippen LogP contribution is -2.37. The van der Waals surface area contributed by atoms with Gasteiger partial charge in [-0.25, -0.2) is 0 Å². The predicted molar refractivity (Wildman–Crippen MR) is 87.8 cm³/mol. The number of benzene rings is 1. The number of hydrogen-bond donors (Lipinski definition) is 0. The van der Waals surface area contributed by atoms with Crippen LogP contribution in [0.3, 0.4) is 0 Å². The summed E-state index contributed by atoms with van der Waals surface area (Å²) in [6, 6.07) is 8.09. The minimum atomic E-state index is 0.0264. The lowest BCUT2D eigenvalue weighted by atomic mass is 10.1. The maximum atomic E-state index is 11.7. The molecular formula is C17H28N2O3. The molecule has 0 saturated heterocycles. The summed E-state index contributed by atoms with van der Waals surface area (Å²) in [4.78, 5) is 18.5. The Morgan fingerprint density at radius 2 is 2.05 bits per heavy atom. The zero-order valence-corrected chi connectivity index (χ0v) is 14.2. The second kappa shape index (κ2) is 10.2. The minimum Gasteiger partial charge on any atom is -0.494 e. The number of hydrogen-bond acceptors (Lipinski definition) is 4. The molecule has 5 heteroatoms. The van der Waals surface area contributed by atoms with Crippen LogP contribution in [-0.2, 0) is 16.1 Å². The smallest absolute Gasteiger partial charge is 0.238 e. The van der Waals surface area contributed by atoms with Crippen LogP contribution >= 0.6 is 0 Å². The van der Waals surface area contributed by atoms with Gasteiger partial charge in [0.1, 0.15) is 12.3 Å². The molecule has 0 bridgehead atoms. The van der Waals surface area contributed by atoms with E-state index in [2.05, 4.69) is 19.1 Å². The van der Waals surface area contributed by atoms with Crippen LogP contribution in [-0.4, -0.2) is 56.8 Å². The van der Waals surface area contributed by atoms with Crippen LogP contribution in [0.1, 0.15) is 25.3 Å². The van der Waals surface area contributed by atoms with Gasteiger partial charge in [-0.1, -0.05) is 25.5 Å². The van der Waals surface area contributed by atoms with Crippen molar-refractivity contribution in [3.8, 4) is 5.75 Å². The largest absolute Gasteiger partial charge is 0.494 e. The number of amides is 1. The third-order valence-electron chi connectivity index (χ3n) is 3.38. The van der Waals surface area contributed by atoms with E-state index in [9.17, 15) is 4.79 Å². The molecule has 1 aromatic carbocycles. The number of carbonyl (C=O) groups is 1. The van der Waals surface area contributed by atoms with Gasteiger partial charge in [-0.15, -0.1) is 0 Å². The highest BCUT2D eigenvalue weighted by Crippen LogP contribution is 2.14. The van der Waals surface area contributed by atoms with Gasteiger partial charge in [0.2, 0.25) is 5.91 Å². The summed E-state index contributed by atoms with van der Waals surface area (Å²) in [6.45, 7) is 3.82. The summed E-state index contributed by atoms with van der Waals surface area (Å²) in [5.41, 5.74) is 1.17. The van der Waals surface area contributed by atoms with Crippen molar-refractivity contribution < 1.29 is 14.4 Å². The van der Waals surface area contributed by atoms with Gasteiger partial charge in [-0.3, -0.25) is 4.79 Å². The zero-order chi connectivity index (χ0) is 16.4. The molecule has 1 rings (SSSR count). The molecule has 0 saturated carbocycles. The molecule has 0 aliphatic rings. The molecule has 0 fully saturated rings. The van der Waals surface area contributed by atoms with Gasteiger partial charge in [0.15, 0.2) is 0 Å². The van der Waals surface area contributed by atoms with Crippen LogP contribution in [0, 0.1) is 0 Å². The molecule has 22 heavy (non-hydrogen) atoms. The van der Waals surface area contributed by atoms with Gasteiger partial charge in [0, 0.05) is 20.6 Å². The van der Waals surface area contributed by atoms with Crippen molar-refractivity contribution in [1.82, 2.24) is 9.96 Å². The van der Waals surface area contributed by atoms with Crippen LogP contribution in [0.4, 0.5) is 0 Å². The summed E-state index contributed by atoms with van der Waals surface area (Å²) in [6.07, 6.45) is 3.00. The van der Waals surface area contributed by atoms with E-state index in [0.717, 1.165) is 31.6 Å². The number of unbranched alkanes of at least 4 members (excludes halogenated alkanes) is 1. The van der Waals surface area contributed by atoms with E-state index in [0.29, 0.717) is 6.54 Å². The highest BCUT2D eigenvalue weighted by Gasteiger charge is 2.12. The Hall–Kier alpha value is -1.59. The second-order valence-electron chi connectivity index (χ2n) is 5.43. The number of ether oxygens (including phenoxy) is 1. The minimum absolute atomic E-state index is 0.0264. The first-order chi connectivity index (χ1) is 10.6. The Bertz CT molecular complexity index is 449. The number of nitrogens with zero attached hydrogens (tertiary/aromatic N) is 2. The molecule has 0 atom stereocenters. The van der Waals surface area contributed by atoms with Crippen LogP contribution in [0.15, 0.2) is 24.3 Å². The molecule has 0 aromatic heterocycles. The van der Waals surface area contributed by atoms with Crippen molar-refractivity contribution in [2.75, 3.05) is 40.9 Å². The third kappa shape index (κ3) is 6.91. The topological polar surface area (TPSA) is 42.0 Å². The normalized spacial score (nSPS) is 10.8. The first kappa shape index (κ1) is 18.5. The van der Waals surface area contributed by atoms with E-state index in [4.69, 9.17) is 9.57 Å². The van der Waals surface area contributed by atoms with Gasteiger partial charge in [-0.05, 0) is 30.5 Å². The van der Waals surface area contributed by atoms with Crippen molar-refractivity contribution in [1.29, 1.82) is 0 Å². The second-order valence-corrected chi connectivity index (χ2v) is 5.43. The quantitative estimate of drug-likeness (QED) is 0.491. The standard InChI is InChI=1S/C17H28N2O3/c1-5-6-12-22-16-9-7-8-15(13-16)10-11-19(21-4)14-17(20)18(2)3/h7-9,13H,5-6,10-12,14H2,1-4H3. The van der Waals surface area contributed by atoms with E-state index in [1.165, 1.54) is 5.56 Å². The number of likely N-dealkylation sites (N-methyl/N-ethyl adjacent to an activating group) is 1. The van der Waals surface area contributed by atoms with Gasteiger partial charge in [0.25, 0.3) is 0 Å². The van der Waals surface area contributed by atoms with Crippen LogP contribution in [0.2, 0.25) is 0 Å². The molecule has 0 heterocycles. The maximum absolute atomic E-state index is 11.7. The van der Waals surface area contributed by atoms with Crippen LogP contribution < -0.4 is 4.74 Å². The van der Waals surface area contributed by atoms with Gasteiger partial charge >= 0.3 is 0 Å². The molecule has 0 aliphatic carbocycles. The highest BCUT2D eigenvalue weighted by molar-refractivity contribution is 5.77. The summed E-state index contributed by atoms with van der Waals surface area (Å²) in [5.74, 6) is 0.929. The number of hydroxylamine groups is 2. The Kier molecular flexibility index (Phi) is 8.55. The number of rotatable bonds is 10. The van der Waals surface area contributed by atoms with Crippen molar-refractivity contribution in [2.45, 2.75) is 26.2 Å². The van der Waals surface area contributed by atoms with Gasteiger partial charge < -0.3 is 14.5 Å². The van der Waals surface area contributed by atoms with Crippen molar-refractivity contribution in [3.05, 3.63) is 29.8 Å².